The van der Waals surface area contributed by atoms with Crippen LogP contribution in [0.3, 0.4) is 0 Å². The second-order valence-corrected chi connectivity index (χ2v) is 8.86. The summed E-state index contributed by atoms with van der Waals surface area (Å²) in [5, 5.41) is 6.78. The highest BCUT2D eigenvalue weighted by atomic mass is 16.5. The summed E-state index contributed by atoms with van der Waals surface area (Å²) >= 11 is 0. The average Bonchev–Trinajstić information content (AvgIpc) is 3.63. The van der Waals surface area contributed by atoms with Crippen molar-refractivity contribution in [1.29, 1.82) is 0 Å². The number of rotatable bonds is 13. The molecular formula is C27H33N7O3. The van der Waals surface area contributed by atoms with Crippen molar-refractivity contribution in [3.63, 3.8) is 0 Å². The summed E-state index contributed by atoms with van der Waals surface area (Å²) in [6.07, 6.45) is 11.0. The Labute approximate surface area is 215 Å². The quantitative estimate of drug-likeness (QED) is 0.238. The number of fused-ring (bicyclic) bond motifs is 1. The Morgan fingerprint density at radius 2 is 2.00 bits per heavy atom. The highest BCUT2D eigenvalue weighted by Gasteiger charge is 2.20. The van der Waals surface area contributed by atoms with E-state index >= 15 is 0 Å². The van der Waals surface area contributed by atoms with E-state index in [1.165, 1.54) is 0 Å². The molecule has 2 amide bonds. The number of hydrogen-bond acceptors (Lipinski definition) is 6. The van der Waals surface area contributed by atoms with E-state index in [-0.39, 0.29) is 17.9 Å². The van der Waals surface area contributed by atoms with E-state index in [1.807, 2.05) is 41.1 Å². The molecule has 4 aromatic rings. The molecule has 0 spiro atoms. The van der Waals surface area contributed by atoms with Gasteiger partial charge in [-0.05, 0) is 25.0 Å². The minimum absolute atomic E-state index is 0.0398. The molecule has 0 radical (unpaired) electrons. The van der Waals surface area contributed by atoms with Crippen LogP contribution in [0.15, 0.2) is 55.2 Å². The molecule has 0 saturated carbocycles. The summed E-state index contributed by atoms with van der Waals surface area (Å²) in [5.74, 6) is 1.15. The fourth-order valence-electron chi connectivity index (χ4n) is 4.23. The first-order valence-corrected chi connectivity index (χ1v) is 12.5. The molecule has 0 saturated heterocycles. The van der Waals surface area contributed by atoms with Crippen LogP contribution in [0.4, 0.5) is 0 Å². The summed E-state index contributed by atoms with van der Waals surface area (Å²) < 4.78 is 7.43. The number of para-hydroxylation sites is 1. The standard InChI is InChI=1S/C27H33N7O3/c1-28-24(35)11-5-3-4-10-22(31-25(36)12-14-34-15-13-29-18-34)26-30-17-23(32-26)20-16-19-8-6-7-9-21(19)33-27(20)37-2/h6-9,13,15-18,22H,3-5,10-12,14H2,1-2H3,(H,28,35)(H,30,32)(H,31,36). The van der Waals surface area contributed by atoms with Crippen LogP contribution >= 0.6 is 0 Å². The van der Waals surface area contributed by atoms with Crippen LogP contribution in [-0.2, 0) is 16.1 Å². The van der Waals surface area contributed by atoms with E-state index in [0.717, 1.165) is 41.4 Å². The number of nitrogens with zero attached hydrogens (tertiary/aromatic N) is 4. The molecule has 10 heteroatoms. The minimum atomic E-state index is -0.288. The highest BCUT2D eigenvalue weighted by molar-refractivity contribution is 5.85. The predicted octanol–water partition coefficient (Wildman–Crippen LogP) is 3.77. The third-order valence-electron chi connectivity index (χ3n) is 6.27. The number of H-pyrrole nitrogens is 1. The molecule has 0 aliphatic carbocycles. The zero-order valence-corrected chi connectivity index (χ0v) is 21.2. The lowest BCUT2D eigenvalue weighted by Gasteiger charge is -2.17. The molecule has 194 valence electrons. The number of hydrogen-bond donors (Lipinski definition) is 3. The van der Waals surface area contributed by atoms with Gasteiger partial charge in [0.25, 0.3) is 0 Å². The first kappa shape index (κ1) is 25.9. The van der Waals surface area contributed by atoms with Crippen molar-refractivity contribution >= 4 is 22.7 Å². The molecule has 0 bridgehead atoms. The second kappa shape index (κ2) is 12.7. The zero-order valence-electron chi connectivity index (χ0n) is 21.2. The van der Waals surface area contributed by atoms with Crippen molar-refractivity contribution in [3.05, 3.63) is 61.1 Å². The molecule has 0 aliphatic heterocycles. The Morgan fingerprint density at radius 3 is 2.78 bits per heavy atom. The van der Waals surface area contributed by atoms with Gasteiger partial charge in [0.2, 0.25) is 17.7 Å². The largest absolute Gasteiger partial charge is 0.480 e. The van der Waals surface area contributed by atoms with Gasteiger partial charge in [0.05, 0.1) is 42.4 Å². The molecule has 3 heterocycles. The number of aromatic amines is 1. The number of pyridine rings is 1. The molecule has 3 aromatic heterocycles. The number of carbonyl (C=O) groups is 2. The van der Waals surface area contributed by atoms with Crippen molar-refractivity contribution in [3.8, 4) is 17.1 Å². The van der Waals surface area contributed by atoms with E-state index in [1.54, 1.807) is 32.9 Å². The Morgan fingerprint density at radius 1 is 1.14 bits per heavy atom. The van der Waals surface area contributed by atoms with Gasteiger partial charge in [-0.25, -0.2) is 15.0 Å². The van der Waals surface area contributed by atoms with Gasteiger partial charge >= 0.3 is 0 Å². The molecule has 37 heavy (non-hydrogen) atoms. The van der Waals surface area contributed by atoms with Crippen LogP contribution in [0, 0.1) is 0 Å². The van der Waals surface area contributed by atoms with Crippen LogP contribution < -0.4 is 15.4 Å². The number of carbonyl (C=O) groups excluding carboxylic acids is 2. The number of aromatic nitrogens is 5. The van der Waals surface area contributed by atoms with Gasteiger partial charge < -0.3 is 24.9 Å². The molecule has 1 unspecified atom stereocenters. The molecule has 3 N–H and O–H groups in total. The Bertz CT molecular complexity index is 1320. The van der Waals surface area contributed by atoms with Crippen molar-refractivity contribution in [2.45, 2.75) is 51.1 Å². The number of nitrogens with one attached hydrogen (secondary N) is 3. The van der Waals surface area contributed by atoms with Gasteiger partial charge in [0.1, 0.15) is 5.82 Å². The summed E-state index contributed by atoms with van der Waals surface area (Å²) in [6.45, 7) is 0.550. The average molecular weight is 504 g/mol. The molecule has 0 aliphatic rings. The van der Waals surface area contributed by atoms with Crippen LogP contribution in [-0.4, -0.2) is 50.5 Å². The van der Waals surface area contributed by atoms with Crippen LogP contribution in [0.2, 0.25) is 0 Å². The van der Waals surface area contributed by atoms with Gasteiger partial charge in [0, 0.05) is 44.2 Å². The van der Waals surface area contributed by atoms with Gasteiger partial charge in [0.15, 0.2) is 0 Å². The summed E-state index contributed by atoms with van der Waals surface area (Å²) in [6, 6.07) is 9.60. The monoisotopic (exact) mass is 503 g/mol. The van der Waals surface area contributed by atoms with E-state index in [9.17, 15) is 9.59 Å². The fourth-order valence-corrected chi connectivity index (χ4v) is 4.23. The van der Waals surface area contributed by atoms with Crippen molar-refractivity contribution < 1.29 is 14.3 Å². The molecule has 10 nitrogen and oxygen atoms in total. The SMILES string of the molecule is CNC(=O)CCCCCC(NC(=O)CCn1ccnc1)c1ncc(-c2cc3ccccc3nc2OC)[nH]1. The number of benzene rings is 1. The van der Waals surface area contributed by atoms with Crippen LogP contribution in [0.25, 0.3) is 22.2 Å². The Hall–Kier alpha value is -4.21. The second-order valence-electron chi connectivity index (χ2n) is 8.86. The van der Waals surface area contributed by atoms with E-state index in [0.29, 0.717) is 37.5 Å². The van der Waals surface area contributed by atoms with E-state index < -0.39 is 0 Å². The predicted molar refractivity (Wildman–Crippen MR) is 141 cm³/mol. The molecular weight excluding hydrogens is 470 g/mol. The zero-order chi connectivity index (χ0) is 26.0. The first-order valence-electron chi connectivity index (χ1n) is 12.5. The molecule has 4 rings (SSSR count). The van der Waals surface area contributed by atoms with Crippen molar-refractivity contribution in [2.75, 3.05) is 14.2 Å². The number of amides is 2. The normalized spacial score (nSPS) is 11.8. The van der Waals surface area contributed by atoms with Crippen molar-refractivity contribution in [1.82, 2.24) is 35.1 Å². The smallest absolute Gasteiger partial charge is 0.223 e. The lowest BCUT2D eigenvalue weighted by atomic mass is 10.1. The maximum atomic E-state index is 12.8. The van der Waals surface area contributed by atoms with Gasteiger partial charge in [-0.2, -0.15) is 0 Å². The van der Waals surface area contributed by atoms with Gasteiger partial charge in [-0.1, -0.05) is 31.0 Å². The lowest BCUT2D eigenvalue weighted by Crippen LogP contribution is -2.30. The number of imidazole rings is 2. The maximum Gasteiger partial charge on any atom is 0.223 e. The van der Waals surface area contributed by atoms with Crippen molar-refractivity contribution in [2.24, 2.45) is 0 Å². The number of aryl methyl sites for hydroxylation is 1. The van der Waals surface area contributed by atoms with Crippen LogP contribution in [0.1, 0.15) is 50.4 Å². The van der Waals surface area contributed by atoms with Gasteiger partial charge in [-0.15, -0.1) is 0 Å². The number of methoxy groups -OCH3 is 1. The third kappa shape index (κ3) is 6.93. The first-order chi connectivity index (χ1) is 18.1. The van der Waals surface area contributed by atoms with Gasteiger partial charge in [-0.3, -0.25) is 9.59 Å². The molecule has 1 atom stereocenters. The Kier molecular flexibility index (Phi) is 8.85. The minimum Gasteiger partial charge on any atom is -0.480 e. The molecule has 1 aromatic carbocycles. The lowest BCUT2D eigenvalue weighted by molar-refractivity contribution is -0.122. The maximum absolute atomic E-state index is 12.8. The number of unbranched alkanes of at least 4 members (excludes halogenated alkanes) is 2. The summed E-state index contributed by atoms with van der Waals surface area (Å²) in [4.78, 5) is 41.0. The van der Waals surface area contributed by atoms with E-state index in [4.69, 9.17) is 4.74 Å². The third-order valence-corrected chi connectivity index (χ3v) is 6.27. The van der Waals surface area contributed by atoms with Crippen LogP contribution in [0.5, 0.6) is 5.88 Å². The summed E-state index contributed by atoms with van der Waals surface area (Å²) in [7, 11) is 3.24. The van der Waals surface area contributed by atoms with E-state index in [2.05, 4.69) is 30.6 Å². The summed E-state index contributed by atoms with van der Waals surface area (Å²) in [5.41, 5.74) is 2.42. The number of ether oxygens (including phenoxy) is 1. The Balaban J connectivity index is 1.49. The highest BCUT2D eigenvalue weighted by Crippen LogP contribution is 2.31. The molecule has 0 fully saturated rings. The fraction of sp³-hybridized carbons (Fsp3) is 0.370. The topological polar surface area (TPSA) is 127 Å².